The molecule has 0 radical (unpaired) electrons. The van der Waals surface area contributed by atoms with Crippen LogP contribution in [0.1, 0.15) is 77.0 Å². The van der Waals surface area contributed by atoms with E-state index in [9.17, 15) is 0 Å². The van der Waals surface area contributed by atoms with Gasteiger partial charge in [-0.15, -0.1) is 0 Å². The number of rotatable bonds is 8. The highest BCUT2D eigenvalue weighted by atomic mass is 28.4. The lowest BCUT2D eigenvalue weighted by molar-refractivity contribution is -0.00580. The molecule has 0 atom stereocenters. The number of hydrogen-bond acceptors (Lipinski definition) is 3. The predicted octanol–water partition coefficient (Wildman–Crippen LogP) is 5.08. The first-order valence-corrected chi connectivity index (χ1v) is 11.4. The minimum absolute atomic E-state index is 0.318. The maximum atomic E-state index is 6.58. The summed E-state index contributed by atoms with van der Waals surface area (Å²) in [6.45, 7) is 3.83. The van der Waals surface area contributed by atoms with E-state index >= 15 is 0 Å². The molecule has 4 heteroatoms. The third-order valence-electron chi connectivity index (χ3n) is 5.34. The van der Waals surface area contributed by atoms with Gasteiger partial charge in [0, 0.05) is 18.3 Å². The molecule has 3 aliphatic carbocycles. The largest absolute Gasteiger partial charge is 0.530 e. The predicted molar refractivity (Wildman–Crippen MR) is 95.1 cm³/mol. The summed E-state index contributed by atoms with van der Waals surface area (Å²) in [6, 6.07) is 0. The van der Waals surface area contributed by atoms with Gasteiger partial charge in [0.2, 0.25) is 0 Å². The van der Waals surface area contributed by atoms with Gasteiger partial charge < -0.3 is 13.3 Å². The summed E-state index contributed by atoms with van der Waals surface area (Å²) in [5, 5.41) is 0. The zero-order valence-corrected chi connectivity index (χ0v) is 15.4. The Kier molecular flexibility index (Phi) is 6.51. The summed E-state index contributed by atoms with van der Waals surface area (Å²) < 4.78 is 19.8. The second kappa shape index (κ2) is 8.61. The molecule has 23 heavy (non-hydrogen) atoms. The molecule has 0 aromatic carbocycles. The van der Waals surface area contributed by atoms with Gasteiger partial charge in [-0.05, 0) is 44.2 Å². The smallest absolute Gasteiger partial charge is 0.367 e. The normalized spacial score (nSPS) is 25.0. The van der Waals surface area contributed by atoms with Gasteiger partial charge >= 0.3 is 8.80 Å². The Morgan fingerprint density at radius 3 is 1.30 bits per heavy atom. The number of hydrogen-bond donors (Lipinski definition) is 0. The fourth-order valence-corrected chi connectivity index (χ4v) is 6.98. The average Bonchev–Trinajstić information content (AvgIpc) is 3.28. The van der Waals surface area contributed by atoms with E-state index in [-0.39, 0.29) is 0 Å². The zero-order chi connectivity index (χ0) is 16.0. The molecule has 3 saturated carbocycles. The van der Waals surface area contributed by atoms with E-state index in [4.69, 9.17) is 13.3 Å². The summed E-state index contributed by atoms with van der Waals surface area (Å²) >= 11 is 0. The van der Waals surface area contributed by atoms with E-state index < -0.39 is 8.80 Å². The maximum absolute atomic E-state index is 6.58. The molecule has 0 aliphatic heterocycles. The topological polar surface area (TPSA) is 27.7 Å². The SMILES string of the molecule is C=CC=C[Si](OC1CCCC1)(OC1CCCC1)OC1CCCC1. The van der Waals surface area contributed by atoms with Crippen LogP contribution in [0.4, 0.5) is 0 Å². The van der Waals surface area contributed by atoms with Crippen LogP contribution in [-0.4, -0.2) is 27.1 Å². The van der Waals surface area contributed by atoms with Crippen LogP contribution in [0.5, 0.6) is 0 Å². The lowest BCUT2D eigenvalue weighted by Crippen LogP contribution is -2.50. The highest BCUT2D eigenvalue weighted by Crippen LogP contribution is 2.33. The Labute approximate surface area is 142 Å². The van der Waals surface area contributed by atoms with E-state index in [1.807, 2.05) is 12.2 Å². The first-order chi connectivity index (χ1) is 11.3. The summed E-state index contributed by atoms with van der Waals surface area (Å²) in [7, 11) is -2.76. The quantitative estimate of drug-likeness (QED) is 0.457. The first-order valence-electron chi connectivity index (χ1n) is 9.63. The van der Waals surface area contributed by atoms with Crippen molar-refractivity contribution >= 4 is 8.80 Å². The van der Waals surface area contributed by atoms with Crippen molar-refractivity contribution in [2.24, 2.45) is 0 Å². The molecule has 0 N–H and O–H groups in total. The molecule has 0 saturated heterocycles. The molecule has 3 rings (SSSR count). The second-order valence-electron chi connectivity index (χ2n) is 7.27. The van der Waals surface area contributed by atoms with E-state index in [0.29, 0.717) is 18.3 Å². The molecule has 0 unspecified atom stereocenters. The van der Waals surface area contributed by atoms with Crippen molar-refractivity contribution in [2.45, 2.75) is 95.4 Å². The van der Waals surface area contributed by atoms with Gasteiger partial charge in [0.15, 0.2) is 0 Å². The maximum Gasteiger partial charge on any atom is 0.530 e. The van der Waals surface area contributed by atoms with Crippen LogP contribution in [0.3, 0.4) is 0 Å². The van der Waals surface area contributed by atoms with Crippen LogP contribution in [0, 0.1) is 0 Å². The monoisotopic (exact) mass is 336 g/mol. The average molecular weight is 337 g/mol. The summed E-state index contributed by atoms with van der Waals surface area (Å²) in [4.78, 5) is 0. The van der Waals surface area contributed by atoms with Crippen molar-refractivity contribution in [2.75, 3.05) is 0 Å². The molecule has 0 amide bonds. The fraction of sp³-hybridized carbons (Fsp3) is 0.789. The highest BCUT2D eigenvalue weighted by Gasteiger charge is 2.46. The van der Waals surface area contributed by atoms with Gasteiger partial charge in [-0.25, -0.2) is 0 Å². The molecule has 130 valence electrons. The Balaban J connectivity index is 1.75. The van der Waals surface area contributed by atoms with Crippen molar-refractivity contribution in [3.05, 3.63) is 24.4 Å². The number of allylic oxidation sites excluding steroid dienone is 2. The van der Waals surface area contributed by atoms with E-state index in [1.54, 1.807) is 0 Å². The van der Waals surface area contributed by atoms with Crippen molar-refractivity contribution < 1.29 is 13.3 Å². The summed E-state index contributed by atoms with van der Waals surface area (Å²) in [5.74, 6) is 0. The standard InChI is InChI=1S/C19H32O3Si/c1-2-3-16-23(20-17-10-4-5-11-17,21-18-12-6-7-13-18)22-19-14-8-9-15-19/h2-3,16-19H,1,4-15H2. The van der Waals surface area contributed by atoms with Crippen LogP contribution in [-0.2, 0) is 13.3 Å². The molecule has 3 fully saturated rings. The van der Waals surface area contributed by atoms with Gasteiger partial charge in [-0.3, -0.25) is 0 Å². The molecule has 0 bridgehead atoms. The lowest BCUT2D eigenvalue weighted by atomic mass is 10.3. The lowest BCUT2D eigenvalue weighted by Gasteiger charge is -2.34. The van der Waals surface area contributed by atoms with E-state index in [0.717, 1.165) is 38.5 Å². The van der Waals surface area contributed by atoms with Gasteiger partial charge in [0.1, 0.15) is 0 Å². The highest BCUT2D eigenvalue weighted by molar-refractivity contribution is 6.66. The molecule has 0 spiro atoms. The zero-order valence-electron chi connectivity index (χ0n) is 14.4. The van der Waals surface area contributed by atoms with Gasteiger partial charge in [0.25, 0.3) is 0 Å². The van der Waals surface area contributed by atoms with Gasteiger partial charge in [-0.1, -0.05) is 57.3 Å². The molecule has 0 heterocycles. The van der Waals surface area contributed by atoms with Crippen LogP contribution in [0.2, 0.25) is 0 Å². The first kappa shape index (κ1) is 17.4. The Morgan fingerprint density at radius 2 is 1.00 bits per heavy atom. The van der Waals surface area contributed by atoms with Crippen LogP contribution in [0.15, 0.2) is 24.4 Å². The summed E-state index contributed by atoms with van der Waals surface area (Å²) in [5.41, 5.74) is 2.09. The Bertz CT molecular complexity index is 346. The van der Waals surface area contributed by atoms with Crippen molar-refractivity contribution in [3.63, 3.8) is 0 Å². The third-order valence-corrected chi connectivity index (χ3v) is 7.92. The second-order valence-corrected chi connectivity index (χ2v) is 9.52. The molecular weight excluding hydrogens is 304 g/mol. The van der Waals surface area contributed by atoms with E-state index in [2.05, 4.69) is 12.3 Å². The van der Waals surface area contributed by atoms with Crippen molar-refractivity contribution in [1.29, 1.82) is 0 Å². The molecule has 0 aromatic heterocycles. The van der Waals surface area contributed by atoms with Gasteiger partial charge in [-0.2, -0.15) is 0 Å². The van der Waals surface area contributed by atoms with E-state index in [1.165, 1.54) is 38.5 Å². The van der Waals surface area contributed by atoms with Crippen LogP contribution < -0.4 is 0 Å². The fourth-order valence-electron chi connectivity index (χ4n) is 4.10. The molecule has 3 nitrogen and oxygen atoms in total. The molecule has 3 aliphatic rings. The minimum Gasteiger partial charge on any atom is -0.367 e. The van der Waals surface area contributed by atoms with Gasteiger partial charge in [0.05, 0.1) is 0 Å². The third kappa shape index (κ3) is 5.02. The minimum atomic E-state index is -2.76. The van der Waals surface area contributed by atoms with Crippen molar-refractivity contribution in [3.8, 4) is 0 Å². The summed E-state index contributed by atoms with van der Waals surface area (Å²) in [6.07, 6.45) is 19.3. The van der Waals surface area contributed by atoms with Crippen LogP contribution >= 0.6 is 0 Å². The molecular formula is C19H32O3Si. The Morgan fingerprint density at radius 1 is 0.652 bits per heavy atom. The Hall–Kier alpha value is -0.423. The van der Waals surface area contributed by atoms with Crippen molar-refractivity contribution in [1.82, 2.24) is 0 Å². The van der Waals surface area contributed by atoms with Crippen LogP contribution in [0.25, 0.3) is 0 Å². The molecule has 0 aromatic rings.